The van der Waals surface area contributed by atoms with E-state index < -0.39 is 12.7 Å². The lowest BCUT2D eigenvalue weighted by Crippen LogP contribution is -2.39. The normalized spacial score (nSPS) is 12.5. The van der Waals surface area contributed by atoms with Crippen LogP contribution in [0.1, 0.15) is 25.3 Å². The highest BCUT2D eigenvalue weighted by Gasteiger charge is 2.28. The van der Waals surface area contributed by atoms with Crippen molar-refractivity contribution in [2.24, 2.45) is 4.99 Å². The SMILES string of the molecule is CCNC(=NCCCc1ccccc1)NCCCN(C)CC(F)(F)F. The summed E-state index contributed by atoms with van der Waals surface area (Å²) in [5, 5.41) is 6.32. The van der Waals surface area contributed by atoms with Crippen LogP contribution in [0.3, 0.4) is 0 Å². The minimum Gasteiger partial charge on any atom is -0.357 e. The minimum atomic E-state index is -4.14. The van der Waals surface area contributed by atoms with Crippen LogP contribution in [0.25, 0.3) is 0 Å². The van der Waals surface area contributed by atoms with Crippen molar-refractivity contribution in [1.29, 1.82) is 0 Å². The third-order valence-electron chi connectivity index (χ3n) is 3.54. The Morgan fingerprint density at radius 2 is 1.84 bits per heavy atom. The highest BCUT2D eigenvalue weighted by molar-refractivity contribution is 5.79. The van der Waals surface area contributed by atoms with Gasteiger partial charge in [-0.15, -0.1) is 0 Å². The Morgan fingerprint density at radius 3 is 2.48 bits per heavy atom. The molecule has 1 aromatic carbocycles. The number of hydrogen-bond donors (Lipinski definition) is 2. The van der Waals surface area contributed by atoms with Crippen LogP contribution in [0.15, 0.2) is 35.3 Å². The van der Waals surface area contributed by atoms with Gasteiger partial charge in [-0.1, -0.05) is 30.3 Å². The molecule has 0 aromatic heterocycles. The zero-order valence-corrected chi connectivity index (χ0v) is 15.1. The smallest absolute Gasteiger partial charge is 0.357 e. The summed E-state index contributed by atoms with van der Waals surface area (Å²) in [5.41, 5.74) is 1.29. The fourth-order valence-electron chi connectivity index (χ4n) is 2.40. The van der Waals surface area contributed by atoms with E-state index in [4.69, 9.17) is 0 Å². The predicted molar refractivity (Wildman–Crippen MR) is 96.9 cm³/mol. The van der Waals surface area contributed by atoms with Crippen LogP contribution in [-0.2, 0) is 6.42 Å². The Morgan fingerprint density at radius 1 is 1.12 bits per heavy atom. The van der Waals surface area contributed by atoms with Crippen LogP contribution in [0, 0.1) is 0 Å². The molecule has 0 spiro atoms. The fourth-order valence-corrected chi connectivity index (χ4v) is 2.40. The van der Waals surface area contributed by atoms with Crippen LogP contribution < -0.4 is 10.6 Å². The van der Waals surface area contributed by atoms with Gasteiger partial charge in [0.15, 0.2) is 5.96 Å². The van der Waals surface area contributed by atoms with Crippen molar-refractivity contribution in [3.63, 3.8) is 0 Å². The highest BCUT2D eigenvalue weighted by atomic mass is 19.4. The number of guanidine groups is 1. The van der Waals surface area contributed by atoms with Gasteiger partial charge in [0.1, 0.15) is 0 Å². The van der Waals surface area contributed by atoms with Gasteiger partial charge in [0.05, 0.1) is 6.54 Å². The zero-order valence-electron chi connectivity index (χ0n) is 15.1. The molecule has 0 saturated heterocycles. The molecule has 0 aliphatic rings. The number of nitrogens with one attached hydrogen (secondary N) is 2. The second-order valence-electron chi connectivity index (χ2n) is 5.98. The third-order valence-corrected chi connectivity index (χ3v) is 3.54. The van der Waals surface area contributed by atoms with E-state index in [2.05, 4.69) is 27.8 Å². The maximum atomic E-state index is 12.3. The number of benzene rings is 1. The Labute approximate surface area is 148 Å². The van der Waals surface area contributed by atoms with Crippen molar-refractivity contribution >= 4 is 5.96 Å². The second-order valence-corrected chi connectivity index (χ2v) is 5.98. The van der Waals surface area contributed by atoms with Gasteiger partial charge < -0.3 is 10.6 Å². The van der Waals surface area contributed by atoms with Crippen LogP contribution in [0.5, 0.6) is 0 Å². The molecular weight excluding hydrogens is 329 g/mol. The molecule has 4 nitrogen and oxygen atoms in total. The molecule has 0 unspecified atom stereocenters. The summed E-state index contributed by atoms with van der Waals surface area (Å²) in [4.78, 5) is 5.79. The van der Waals surface area contributed by atoms with Crippen LogP contribution in [0.4, 0.5) is 13.2 Å². The lowest BCUT2D eigenvalue weighted by atomic mass is 10.1. The monoisotopic (exact) mass is 358 g/mol. The van der Waals surface area contributed by atoms with Gasteiger partial charge >= 0.3 is 6.18 Å². The summed E-state index contributed by atoms with van der Waals surface area (Å²) in [5.74, 6) is 0.717. The summed E-state index contributed by atoms with van der Waals surface area (Å²) >= 11 is 0. The minimum absolute atomic E-state index is 0.389. The zero-order chi connectivity index (χ0) is 18.5. The highest BCUT2D eigenvalue weighted by Crippen LogP contribution is 2.15. The molecule has 0 atom stereocenters. The second kappa shape index (κ2) is 11.7. The number of halogens is 3. The van der Waals surface area contributed by atoms with E-state index in [1.165, 1.54) is 17.5 Å². The van der Waals surface area contributed by atoms with Crippen molar-refractivity contribution in [2.45, 2.75) is 32.4 Å². The summed E-state index contributed by atoms with van der Waals surface area (Å²) in [6.45, 7) is 3.54. The summed E-state index contributed by atoms with van der Waals surface area (Å²) < 4.78 is 36.8. The summed E-state index contributed by atoms with van der Waals surface area (Å²) in [6, 6.07) is 10.3. The molecule has 0 aliphatic carbocycles. The van der Waals surface area contributed by atoms with E-state index in [9.17, 15) is 13.2 Å². The third kappa shape index (κ3) is 11.4. The predicted octanol–water partition coefficient (Wildman–Crippen LogP) is 3.06. The standard InChI is InChI=1S/C18H29F3N4/c1-3-22-17(23-12-7-11-16-9-5-4-6-10-16)24-13-8-14-25(2)15-18(19,20)21/h4-6,9-10H,3,7-8,11-15H2,1-2H3,(H2,22,23,24). The number of rotatable bonds is 10. The lowest BCUT2D eigenvalue weighted by Gasteiger charge is -2.18. The number of hydrogen-bond acceptors (Lipinski definition) is 2. The van der Waals surface area contributed by atoms with Crippen LogP contribution in [0.2, 0.25) is 0 Å². The van der Waals surface area contributed by atoms with Gasteiger partial charge in [0.2, 0.25) is 0 Å². The van der Waals surface area contributed by atoms with Gasteiger partial charge in [0.25, 0.3) is 0 Å². The molecule has 25 heavy (non-hydrogen) atoms. The first kappa shape index (κ1) is 21.3. The number of alkyl halides is 3. The first-order valence-corrected chi connectivity index (χ1v) is 8.72. The lowest BCUT2D eigenvalue weighted by molar-refractivity contribution is -0.143. The van der Waals surface area contributed by atoms with Crippen molar-refractivity contribution in [1.82, 2.24) is 15.5 Å². The van der Waals surface area contributed by atoms with E-state index in [0.717, 1.165) is 19.4 Å². The van der Waals surface area contributed by atoms with Gasteiger partial charge in [0, 0.05) is 19.6 Å². The summed E-state index contributed by atoms with van der Waals surface area (Å²) in [7, 11) is 1.48. The molecule has 0 saturated carbocycles. The average molecular weight is 358 g/mol. The van der Waals surface area contributed by atoms with Crippen molar-refractivity contribution in [3.05, 3.63) is 35.9 Å². The molecule has 0 amide bonds. The van der Waals surface area contributed by atoms with Crippen molar-refractivity contribution in [2.75, 3.05) is 39.8 Å². The van der Waals surface area contributed by atoms with E-state index >= 15 is 0 Å². The van der Waals surface area contributed by atoms with Gasteiger partial charge in [-0.25, -0.2) is 0 Å². The molecular formula is C18H29F3N4. The average Bonchev–Trinajstić information content (AvgIpc) is 2.54. The molecule has 0 aliphatic heterocycles. The van der Waals surface area contributed by atoms with Crippen molar-refractivity contribution in [3.8, 4) is 0 Å². The van der Waals surface area contributed by atoms with Crippen LogP contribution in [-0.4, -0.2) is 56.8 Å². The molecule has 7 heteroatoms. The van der Waals surface area contributed by atoms with E-state index in [1.807, 2.05) is 25.1 Å². The Balaban J connectivity index is 2.24. The molecule has 0 bridgehead atoms. The maximum absolute atomic E-state index is 12.3. The van der Waals surface area contributed by atoms with E-state index in [0.29, 0.717) is 32.0 Å². The molecule has 1 rings (SSSR count). The number of aryl methyl sites for hydroxylation is 1. The first-order valence-electron chi connectivity index (χ1n) is 8.72. The molecule has 0 heterocycles. The largest absolute Gasteiger partial charge is 0.401 e. The topological polar surface area (TPSA) is 39.7 Å². The molecule has 2 N–H and O–H groups in total. The number of aliphatic imine (C=N–C) groups is 1. The Kier molecular flexibility index (Phi) is 9.99. The van der Waals surface area contributed by atoms with Gasteiger partial charge in [-0.05, 0) is 45.3 Å². The number of nitrogens with zero attached hydrogens (tertiary/aromatic N) is 2. The Hall–Kier alpha value is -1.76. The van der Waals surface area contributed by atoms with E-state index in [1.54, 1.807) is 0 Å². The van der Waals surface area contributed by atoms with E-state index in [-0.39, 0.29) is 0 Å². The Bertz CT molecular complexity index is 489. The van der Waals surface area contributed by atoms with Crippen molar-refractivity contribution < 1.29 is 13.2 Å². The quantitative estimate of drug-likeness (QED) is 0.384. The van der Waals surface area contributed by atoms with Crippen LogP contribution >= 0.6 is 0 Å². The van der Waals surface area contributed by atoms with Gasteiger partial charge in [-0.2, -0.15) is 13.2 Å². The molecule has 0 fully saturated rings. The molecule has 0 radical (unpaired) electrons. The molecule has 142 valence electrons. The maximum Gasteiger partial charge on any atom is 0.401 e. The molecule has 1 aromatic rings. The first-order chi connectivity index (χ1) is 11.9. The fraction of sp³-hybridized carbons (Fsp3) is 0.611. The van der Waals surface area contributed by atoms with Gasteiger partial charge in [-0.3, -0.25) is 9.89 Å². The summed E-state index contributed by atoms with van der Waals surface area (Å²) in [6.07, 6.45) is -1.58.